The number of nitrogens with zero attached hydrogens (tertiary/aromatic N) is 1. The highest BCUT2D eigenvalue weighted by atomic mass is 31.2. The number of ether oxygens (including phenoxy) is 3. The number of H-pyrrole nitrogens is 1. The molecule has 12 nitrogen and oxygen atoms in total. The van der Waals surface area contributed by atoms with Crippen LogP contribution in [0, 0.1) is 17.8 Å². The number of hydrogen-bond donors (Lipinski definition) is 1. The van der Waals surface area contributed by atoms with Crippen LogP contribution in [0.15, 0.2) is 21.9 Å². The molecule has 1 saturated carbocycles. The maximum Gasteiger partial charge on any atom is 0.476 e. The van der Waals surface area contributed by atoms with Crippen LogP contribution in [0.25, 0.3) is 0 Å². The van der Waals surface area contributed by atoms with Gasteiger partial charge in [0, 0.05) is 12.3 Å². The summed E-state index contributed by atoms with van der Waals surface area (Å²) in [6.45, 7) is 4.56. The Labute approximate surface area is 182 Å². The average molecular weight is 470 g/mol. The van der Waals surface area contributed by atoms with E-state index in [1.807, 2.05) is 0 Å². The van der Waals surface area contributed by atoms with Crippen molar-refractivity contribution < 1.29 is 37.1 Å². The Morgan fingerprint density at radius 1 is 1.38 bits per heavy atom. The molecule has 1 aromatic heterocycles. The van der Waals surface area contributed by atoms with Crippen molar-refractivity contribution in [2.24, 2.45) is 5.41 Å². The summed E-state index contributed by atoms with van der Waals surface area (Å²) < 4.78 is 46.5. The number of aromatic amines is 1. The molecular weight excluding hydrogens is 447 g/mol. The van der Waals surface area contributed by atoms with Crippen LogP contribution in [0.5, 0.6) is 0 Å². The van der Waals surface area contributed by atoms with Gasteiger partial charge in [-0.25, -0.2) is 14.2 Å². The van der Waals surface area contributed by atoms with Crippen molar-refractivity contribution in [1.29, 1.82) is 0 Å². The van der Waals surface area contributed by atoms with E-state index < -0.39 is 54.5 Å². The zero-order valence-corrected chi connectivity index (χ0v) is 18.5. The van der Waals surface area contributed by atoms with Crippen molar-refractivity contribution in [3.05, 3.63) is 33.1 Å². The number of rotatable bonds is 8. The van der Waals surface area contributed by atoms with Crippen LogP contribution in [0.2, 0.25) is 0 Å². The molecule has 0 radical (unpaired) electrons. The molecule has 32 heavy (non-hydrogen) atoms. The predicted molar refractivity (Wildman–Crippen MR) is 106 cm³/mol. The molecule has 4 rings (SSSR count). The standard InChI is InChI=1S/C19H23N2O10P/c1-5-18(4)16(21-7-6-12(22)20-17(21)24)29-14-15-19(14,18)31-32(25,30-15)27-9-8-26-10-13(23)28-11(2)3/h1,6-7,11,14-16H,8-10H2,2-4H3,(H,20,22,24)/t14-,15?,16-,18+,19+,32+/m1/s1. The van der Waals surface area contributed by atoms with Gasteiger partial charge in [0.15, 0.2) is 11.8 Å². The first kappa shape index (κ1) is 22.9. The Morgan fingerprint density at radius 3 is 2.78 bits per heavy atom. The number of phosphoric acid groups is 1. The number of esters is 1. The molecule has 2 aliphatic heterocycles. The summed E-state index contributed by atoms with van der Waals surface area (Å²) in [7, 11) is -3.99. The lowest BCUT2D eigenvalue weighted by Crippen LogP contribution is -2.44. The van der Waals surface area contributed by atoms with E-state index in [0.717, 1.165) is 10.6 Å². The molecule has 3 fully saturated rings. The fourth-order valence-corrected chi connectivity index (χ4v) is 5.84. The van der Waals surface area contributed by atoms with Crippen LogP contribution < -0.4 is 11.2 Å². The second-order valence-corrected chi connectivity index (χ2v) is 9.60. The highest BCUT2D eigenvalue weighted by Crippen LogP contribution is 2.79. The molecule has 0 aromatic carbocycles. The molecule has 3 aliphatic rings. The molecule has 6 atom stereocenters. The third-order valence-corrected chi connectivity index (χ3v) is 7.08. The quantitative estimate of drug-likeness (QED) is 0.244. The minimum absolute atomic E-state index is 0.0523. The zero-order valence-electron chi connectivity index (χ0n) is 17.6. The first-order valence-corrected chi connectivity index (χ1v) is 11.4. The predicted octanol–water partition coefficient (Wildman–Crippen LogP) is 0.334. The smallest absolute Gasteiger partial charge is 0.461 e. The van der Waals surface area contributed by atoms with E-state index in [0.29, 0.717) is 0 Å². The maximum absolute atomic E-state index is 12.9. The molecule has 1 spiro atoms. The highest BCUT2D eigenvalue weighted by Gasteiger charge is 2.90. The van der Waals surface area contributed by atoms with Crippen LogP contribution in [-0.4, -0.2) is 59.3 Å². The van der Waals surface area contributed by atoms with Gasteiger partial charge in [0.2, 0.25) is 0 Å². The number of aromatic nitrogens is 2. The van der Waals surface area contributed by atoms with E-state index in [4.69, 9.17) is 34.2 Å². The molecular formula is C19H23N2O10P. The van der Waals surface area contributed by atoms with Gasteiger partial charge in [-0.2, -0.15) is 0 Å². The molecule has 1 aliphatic carbocycles. The Morgan fingerprint density at radius 2 is 2.12 bits per heavy atom. The van der Waals surface area contributed by atoms with Gasteiger partial charge in [0.1, 0.15) is 24.2 Å². The summed E-state index contributed by atoms with van der Waals surface area (Å²) >= 11 is 0. The van der Waals surface area contributed by atoms with Crippen molar-refractivity contribution in [1.82, 2.24) is 9.55 Å². The zero-order chi connectivity index (χ0) is 23.3. The number of phosphoric ester groups is 1. The van der Waals surface area contributed by atoms with Gasteiger partial charge in [-0.05, 0) is 20.8 Å². The van der Waals surface area contributed by atoms with E-state index in [1.165, 1.54) is 6.20 Å². The number of terminal acetylenes is 1. The Kier molecular flexibility index (Phi) is 5.69. The number of carbonyl (C=O) groups is 1. The lowest BCUT2D eigenvalue weighted by molar-refractivity contribution is -0.152. The van der Waals surface area contributed by atoms with Crippen molar-refractivity contribution in [2.75, 3.05) is 19.8 Å². The van der Waals surface area contributed by atoms with Gasteiger partial charge in [-0.1, -0.05) is 5.92 Å². The lowest BCUT2D eigenvalue weighted by atomic mass is 9.81. The third kappa shape index (κ3) is 3.55. The molecule has 13 heteroatoms. The van der Waals surface area contributed by atoms with Crippen LogP contribution in [0.3, 0.4) is 0 Å². The van der Waals surface area contributed by atoms with E-state index in [2.05, 4.69) is 10.9 Å². The molecule has 3 heterocycles. The molecule has 1 N–H and O–H groups in total. The van der Waals surface area contributed by atoms with Crippen LogP contribution in [0.1, 0.15) is 27.0 Å². The third-order valence-electron chi connectivity index (χ3n) is 5.57. The number of hydrogen-bond acceptors (Lipinski definition) is 10. The Bertz CT molecular complexity index is 1120. The minimum Gasteiger partial charge on any atom is -0.461 e. The monoisotopic (exact) mass is 470 g/mol. The molecule has 174 valence electrons. The van der Waals surface area contributed by atoms with Crippen molar-refractivity contribution in [2.45, 2.75) is 50.9 Å². The van der Waals surface area contributed by atoms with Crippen molar-refractivity contribution in [3.63, 3.8) is 0 Å². The minimum atomic E-state index is -3.99. The van der Waals surface area contributed by atoms with Crippen molar-refractivity contribution >= 4 is 13.8 Å². The first-order valence-electron chi connectivity index (χ1n) is 9.92. The number of carbonyl (C=O) groups excluding carboxylic acids is 1. The second kappa shape index (κ2) is 7.95. The fourth-order valence-electron chi connectivity index (χ4n) is 4.07. The SMILES string of the molecule is C#C[C@@]1(C)[C@H](n2ccc(=O)[nH]c2=O)O[C@@H]2C3O[P@](=O)(OCCOCC(=O)OC(C)C)O[C@]321. The topological polar surface area (TPSA) is 144 Å². The summed E-state index contributed by atoms with van der Waals surface area (Å²) in [5, 5.41) is 0. The van der Waals surface area contributed by atoms with Gasteiger partial charge < -0.3 is 14.2 Å². The van der Waals surface area contributed by atoms with Gasteiger partial charge >= 0.3 is 19.5 Å². The summed E-state index contributed by atoms with van der Waals surface area (Å²) in [6, 6.07) is 1.16. The normalized spacial score (nSPS) is 37.0. The largest absolute Gasteiger partial charge is 0.476 e. The summed E-state index contributed by atoms with van der Waals surface area (Å²) in [5.41, 5.74) is -3.80. The van der Waals surface area contributed by atoms with Crippen LogP contribution in [-0.2, 0) is 37.1 Å². The highest BCUT2D eigenvalue weighted by molar-refractivity contribution is 7.48. The fraction of sp³-hybridized carbons (Fsp3) is 0.632. The molecule has 0 amide bonds. The molecule has 1 aromatic rings. The van der Waals surface area contributed by atoms with E-state index >= 15 is 0 Å². The molecule has 2 saturated heterocycles. The second-order valence-electron chi connectivity index (χ2n) is 8.06. The van der Waals surface area contributed by atoms with Gasteiger partial charge in [0.05, 0.1) is 19.3 Å². The average Bonchev–Trinajstić information content (AvgIpc) is 3.01. The molecule has 0 bridgehead atoms. The van der Waals surface area contributed by atoms with Crippen LogP contribution in [0.4, 0.5) is 0 Å². The van der Waals surface area contributed by atoms with Gasteiger partial charge in [0.25, 0.3) is 5.56 Å². The number of fused-ring (bicyclic) bond motifs is 1. The van der Waals surface area contributed by atoms with Gasteiger partial charge in [-0.15, -0.1) is 6.42 Å². The van der Waals surface area contributed by atoms with Crippen LogP contribution >= 0.6 is 7.82 Å². The first-order chi connectivity index (χ1) is 15.1. The summed E-state index contributed by atoms with van der Waals surface area (Å²) in [4.78, 5) is 37.2. The maximum atomic E-state index is 12.9. The van der Waals surface area contributed by atoms with E-state index in [1.54, 1.807) is 20.8 Å². The Hall–Kier alpha value is -2.26. The number of nitrogens with one attached hydrogen (secondary N) is 1. The van der Waals surface area contributed by atoms with Gasteiger partial charge in [-0.3, -0.25) is 27.9 Å². The summed E-state index contributed by atoms with van der Waals surface area (Å²) in [5.74, 6) is 2.06. The lowest BCUT2D eigenvalue weighted by Gasteiger charge is -2.32. The van der Waals surface area contributed by atoms with E-state index in [-0.39, 0.29) is 25.9 Å². The molecule has 1 unspecified atom stereocenters. The summed E-state index contributed by atoms with van der Waals surface area (Å²) in [6.07, 6.45) is 4.41. The van der Waals surface area contributed by atoms with E-state index in [9.17, 15) is 18.9 Å². The van der Waals surface area contributed by atoms with Crippen molar-refractivity contribution in [3.8, 4) is 12.3 Å². The Balaban J connectivity index is 1.40.